The molecule has 0 aromatic heterocycles. The number of rotatable bonds is 65. The van der Waals surface area contributed by atoms with Gasteiger partial charge in [0.25, 0.3) is 0 Å². The summed E-state index contributed by atoms with van der Waals surface area (Å²) in [5.41, 5.74) is 0. The van der Waals surface area contributed by atoms with Crippen molar-refractivity contribution < 1.29 is 28.6 Å². The Bertz CT molecular complexity index is 1610. The number of unbranched alkanes of at least 4 members (excludes halogenated alkanes) is 38. The molecule has 0 bridgehead atoms. The van der Waals surface area contributed by atoms with E-state index in [2.05, 4.69) is 118 Å². The first-order valence-corrected chi connectivity index (χ1v) is 35.7. The highest BCUT2D eigenvalue weighted by molar-refractivity contribution is 5.71. The second-order valence-corrected chi connectivity index (χ2v) is 23.8. The summed E-state index contributed by atoms with van der Waals surface area (Å²) in [5.74, 6) is -0.917. The van der Waals surface area contributed by atoms with Crippen molar-refractivity contribution in [2.24, 2.45) is 0 Å². The number of hydrogen-bond donors (Lipinski definition) is 0. The van der Waals surface area contributed by atoms with Crippen LogP contribution in [0, 0.1) is 0 Å². The third-order valence-electron chi connectivity index (χ3n) is 15.6. The Hall–Kier alpha value is -3.67. The minimum atomic E-state index is -0.801. The van der Waals surface area contributed by atoms with Gasteiger partial charge in [-0.15, -0.1) is 0 Å². The van der Waals surface area contributed by atoms with Crippen LogP contribution in [0.2, 0.25) is 0 Å². The first kappa shape index (κ1) is 79.3. The molecule has 0 aliphatic rings. The fourth-order valence-corrected chi connectivity index (χ4v) is 10.2. The fourth-order valence-electron chi connectivity index (χ4n) is 10.2. The predicted octanol–water partition coefficient (Wildman–Crippen LogP) is 24.8. The van der Waals surface area contributed by atoms with Crippen LogP contribution < -0.4 is 0 Å². The molecule has 1 unspecified atom stereocenters. The van der Waals surface area contributed by atoms with Crippen LogP contribution in [-0.2, 0) is 28.6 Å². The van der Waals surface area contributed by atoms with Crippen LogP contribution in [0.4, 0.5) is 0 Å². The standard InChI is InChI=1S/C77H134O6/c1-4-7-10-13-16-19-22-25-28-30-32-34-35-36-37-38-39-40-41-43-44-46-49-52-55-58-61-64-67-70-76(79)82-73-74(72-81-75(78)69-66-63-60-57-54-51-48-27-24-21-18-15-12-9-6-3)83-77(80)71-68-65-62-59-56-53-50-47-45-42-33-31-29-26-23-20-17-14-11-8-5-2/h8,11,17,20,22,25-26,29-30,32-33,42,47,50,56,59,74H,4-7,9-10,12-16,18-19,21,23-24,27-28,31,34-41,43-46,48-49,51-55,57-58,60-73H2,1-3H3/b11-8-,20-17-,25-22-,29-26-,32-30-,42-33-,50-47-,59-56-. The van der Waals surface area contributed by atoms with E-state index >= 15 is 0 Å². The van der Waals surface area contributed by atoms with Crippen molar-refractivity contribution in [2.75, 3.05) is 13.2 Å². The zero-order valence-corrected chi connectivity index (χ0v) is 54.9. The molecule has 6 nitrogen and oxygen atoms in total. The average Bonchev–Trinajstić information content (AvgIpc) is 3.49. The lowest BCUT2D eigenvalue weighted by Crippen LogP contribution is -2.30. The Labute approximate surface area is 515 Å². The number of carbonyl (C=O) groups is 3. The molecule has 6 heteroatoms. The number of ether oxygens (including phenoxy) is 3. The summed E-state index contributed by atoms with van der Waals surface area (Å²) >= 11 is 0. The summed E-state index contributed by atoms with van der Waals surface area (Å²) in [6, 6.07) is 0. The van der Waals surface area contributed by atoms with Crippen LogP contribution in [0.5, 0.6) is 0 Å². The number of esters is 3. The van der Waals surface area contributed by atoms with Crippen molar-refractivity contribution in [3.63, 3.8) is 0 Å². The summed E-state index contributed by atoms with van der Waals surface area (Å²) < 4.78 is 17.0. The third-order valence-corrected chi connectivity index (χ3v) is 15.6. The van der Waals surface area contributed by atoms with Gasteiger partial charge in [-0.25, -0.2) is 0 Å². The van der Waals surface area contributed by atoms with Gasteiger partial charge in [-0.2, -0.15) is 0 Å². The molecule has 0 N–H and O–H groups in total. The molecular formula is C77H134O6. The minimum absolute atomic E-state index is 0.0913. The Morgan fingerprint density at radius 1 is 0.253 bits per heavy atom. The average molecular weight is 1160 g/mol. The van der Waals surface area contributed by atoms with E-state index in [9.17, 15) is 14.4 Å². The zero-order valence-electron chi connectivity index (χ0n) is 54.9. The SMILES string of the molecule is CC/C=C\C/C=C\C/C=C\C/C=C\C/C=C\C/C=C\CCCCC(=O)OC(COC(=O)CCCCCCCCCCCCCCCCC)COC(=O)CCCCCCCCCCCCCCCCCCC/C=C\C/C=C\CCCCCCC. The van der Waals surface area contributed by atoms with Gasteiger partial charge in [0.15, 0.2) is 6.10 Å². The van der Waals surface area contributed by atoms with Crippen molar-refractivity contribution in [1.82, 2.24) is 0 Å². The number of allylic oxidation sites excluding steroid dienone is 16. The summed E-state index contributed by atoms with van der Waals surface area (Å²) in [7, 11) is 0. The molecule has 0 saturated carbocycles. The largest absolute Gasteiger partial charge is 0.462 e. The normalized spacial score (nSPS) is 12.7. The van der Waals surface area contributed by atoms with E-state index < -0.39 is 6.10 Å². The van der Waals surface area contributed by atoms with Gasteiger partial charge < -0.3 is 14.2 Å². The lowest BCUT2D eigenvalue weighted by molar-refractivity contribution is -0.167. The molecule has 0 radical (unpaired) electrons. The van der Waals surface area contributed by atoms with E-state index in [0.29, 0.717) is 19.3 Å². The van der Waals surface area contributed by atoms with Crippen LogP contribution in [0.15, 0.2) is 97.2 Å². The highest BCUT2D eigenvalue weighted by Crippen LogP contribution is 2.18. The zero-order chi connectivity index (χ0) is 59.9. The second-order valence-electron chi connectivity index (χ2n) is 23.8. The van der Waals surface area contributed by atoms with Crippen LogP contribution >= 0.6 is 0 Å². The summed E-state index contributed by atoms with van der Waals surface area (Å²) in [6.07, 6.45) is 95.8. The van der Waals surface area contributed by atoms with Crippen LogP contribution in [0.1, 0.15) is 355 Å². The summed E-state index contributed by atoms with van der Waals surface area (Å²) in [5, 5.41) is 0. The number of carbonyl (C=O) groups excluding carboxylic acids is 3. The minimum Gasteiger partial charge on any atom is -0.462 e. The van der Waals surface area contributed by atoms with Gasteiger partial charge in [0.1, 0.15) is 13.2 Å². The van der Waals surface area contributed by atoms with Gasteiger partial charge in [0, 0.05) is 19.3 Å². The van der Waals surface area contributed by atoms with Gasteiger partial charge in [0.2, 0.25) is 0 Å². The van der Waals surface area contributed by atoms with Gasteiger partial charge in [0.05, 0.1) is 0 Å². The Morgan fingerprint density at radius 2 is 0.470 bits per heavy atom. The molecule has 0 aliphatic carbocycles. The van der Waals surface area contributed by atoms with E-state index in [1.807, 2.05) is 0 Å². The van der Waals surface area contributed by atoms with Gasteiger partial charge in [-0.3, -0.25) is 14.4 Å². The molecular weight excluding hydrogens is 1020 g/mol. The molecule has 0 spiro atoms. The molecule has 0 rings (SSSR count). The Morgan fingerprint density at radius 3 is 0.759 bits per heavy atom. The maximum Gasteiger partial charge on any atom is 0.306 e. The van der Waals surface area contributed by atoms with E-state index in [1.165, 1.54) is 212 Å². The highest BCUT2D eigenvalue weighted by atomic mass is 16.6. The first-order chi connectivity index (χ1) is 41.0. The lowest BCUT2D eigenvalue weighted by Gasteiger charge is -2.18. The second kappa shape index (κ2) is 70.8. The topological polar surface area (TPSA) is 78.9 Å². The van der Waals surface area contributed by atoms with E-state index in [1.54, 1.807) is 0 Å². The summed E-state index contributed by atoms with van der Waals surface area (Å²) in [4.78, 5) is 38.4. The van der Waals surface area contributed by atoms with Crippen LogP contribution in [-0.4, -0.2) is 37.2 Å². The van der Waals surface area contributed by atoms with Gasteiger partial charge >= 0.3 is 17.9 Å². The van der Waals surface area contributed by atoms with Gasteiger partial charge in [-0.1, -0.05) is 330 Å². The van der Waals surface area contributed by atoms with Crippen molar-refractivity contribution >= 4 is 17.9 Å². The molecule has 478 valence electrons. The monoisotopic (exact) mass is 1160 g/mol. The van der Waals surface area contributed by atoms with Gasteiger partial charge in [-0.05, 0) is 103 Å². The maximum atomic E-state index is 12.9. The fraction of sp³-hybridized carbons (Fsp3) is 0.753. The number of hydrogen-bond acceptors (Lipinski definition) is 6. The summed E-state index contributed by atoms with van der Waals surface area (Å²) in [6.45, 7) is 6.53. The smallest absolute Gasteiger partial charge is 0.306 e. The quantitative estimate of drug-likeness (QED) is 0.0261. The molecule has 0 saturated heterocycles. The molecule has 0 aromatic carbocycles. The van der Waals surface area contributed by atoms with Crippen molar-refractivity contribution in [3.05, 3.63) is 97.2 Å². The van der Waals surface area contributed by atoms with Crippen LogP contribution in [0.25, 0.3) is 0 Å². The van der Waals surface area contributed by atoms with Crippen molar-refractivity contribution in [3.8, 4) is 0 Å². The molecule has 0 fully saturated rings. The predicted molar refractivity (Wildman–Crippen MR) is 362 cm³/mol. The van der Waals surface area contributed by atoms with Crippen LogP contribution in [0.3, 0.4) is 0 Å². The molecule has 0 amide bonds. The van der Waals surface area contributed by atoms with E-state index in [4.69, 9.17) is 14.2 Å². The highest BCUT2D eigenvalue weighted by Gasteiger charge is 2.19. The van der Waals surface area contributed by atoms with Crippen molar-refractivity contribution in [1.29, 1.82) is 0 Å². The Balaban J connectivity index is 4.32. The van der Waals surface area contributed by atoms with E-state index in [-0.39, 0.29) is 37.5 Å². The molecule has 0 heterocycles. The van der Waals surface area contributed by atoms with Crippen molar-refractivity contribution in [2.45, 2.75) is 361 Å². The molecule has 0 aliphatic heterocycles. The maximum absolute atomic E-state index is 12.9. The lowest BCUT2D eigenvalue weighted by atomic mass is 10.0. The molecule has 83 heavy (non-hydrogen) atoms. The molecule has 0 aromatic rings. The first-order valence-electron chi connectivity index (χ1n) is 35.7. The van der Waals surface area contributed by atoms with E-state index in [0.717, 1.165) is 96.3 Å². The third kappa shape index (κ3) is 69.0. The Kier molecular flexibility index (Phi) is 67.7. The molecule has 1 atom stereocenters.